The van der Waals surface area contributed by atoms with Gasteiger partial charge in [0.15, 0.2) is 11.6 Å². The van der Waals surface area contributed by atoms with Gasteiger partial charge in [-0.05, 0) is 31.5 Å². The number of carbonyl (C=O) groups is 2. The highest BCUT2D eigenvalue weighted by molar-refractivity contribution is 6.52. The minimum Gasteiger partial charge on any atom is -0.316 e. The first-order chi connectivity index (χ1) is 9.95. The fourth-order valence-electron chi connectivity index (χ4n) is 2.37. The molecule has 1 aliphatic rings. The molecule has 1 amide bonds. The molecule has 1 aromatic carbocycles. The van der Waals surface area contributed by atoms with Gasteiger partial charge in [0.05, 0.1) is 11.3 Å². The second-order valence-corrected chi connectivity index (χ2v) is 5.34. The maximum Gasteiger partial charge on any atom is 0.299 e. The average molecular weight is 296 g/mol. The molecule has 1 heterocycles. The van der Waals surface area contributed by atoms with Crippen LogP contribution in [0.4, 0.5) is 14.5 Å². The zero-order valence-corrected chi connectivity index (χ0v) is 12.1. The summed E-state index contributed by atoms with van der Waals surface area (Å²) in [6, 6.07) is 1.71. The molecule has 1 unspecified atom stereocenters. The van der Waals surface area contributed by atoms with Crippen molar-refractivity contribution in [2.45, 2.75) is 20.3 Å². The van der Waals surface area contributed by atoms with Crippen molar-refractivity contribution in [1.82, 2.24) is 5.32 Å². The minimum atomic E-state index is -1.12. The lowest BCUT2D eigenvalue weighted by Gasteiger charge is -2.21. The van der Waals surface area contributed by atoms with Crippen molar-refractivity contribution in [2.75, 3.05) is 24.5 Å². The smallest absolute Gasteiger partial charge is 0.299 e. The molecule has 0 aromatic heterocycles. The molecule has 1 N–H and O–H groups in total. The van der Waals surface area contributed by atoms with Crippen molar-refractivity contribution in [1.29, 1.82) is 0 Å². The molecule has 1 aliphatic heterocycles. The van der Waals surface area contributed by atoms with Crippen LogP contribution in [0.25, 0.3) is 0 Å². The van der Waals surface area contributed by atoms with Gasteiger partial charge in [-0.3, -0.25) is 9.59 Å². The minimum absolute atomic E-state index is 0.0624. The van der Waals surface area contributed by atoms with Crippen molar-refractivity contribution in [3.63, 3.8) is 0 Å². The van der Waals surface area contributed by atoms with Crippen LogP contribution in [0.1, 0.15) is 30.6 Å². The molecule has 0 fully saturated rings. The third-order valence-corrected chi connectivity index (χ3v) is 3.43. The quantitative estimate of drug-likeness (QED) is 0.646. The number of amides is 1. The van der Waals surface area contributed by atoms with Gasteiger partial charge in [-0.25, -0.2) is 8.78 Å². The summed E-state index contributed by atoms with van der Waals surface area (Å²) in [6.45, 7) is 5.82. The topological polar surface area (TPSA) is 49.4 Å². The van der Waals surface area contributed by atoms with Gasteiger partial charge in [0, 0.05) is 12.6 Å². The molecule has 1 atom stereocenters. The Morgan fingerprint density at radius 2 is 1.90 bits per heavy atom. The molecule has 2 rings (SSSR count). The highest BCUT2D eigenvalue weighted by Crippen LogP contribution is 2.31. The SMILES string of the molecule is CCCNCC(C)CN1C(=O)C(=O)c2cc(F)c(F)cc21. The van der Waals surface area contributed by atoms with E-state index in [2.05, 4.69) is 5.32 Å². The van der Waals surface area contributed by atoms with Gasteiger partial charge in [0.1, 0.15) is 0 Å². The van der Waals surface area contributed by atoms with E-state index in [0.29, 0.717) is 13.1 Å². The fourth-order valence-corrected chi connectivity index (χ4v) is 2.37. The number of nitrogens with zero attached hydrogens (tertiary/aromatic N) is 1. The number of anilines is 1. The second kappa shape index (κ2) is 6.30. The summed E-state index contributed by atoms with van der Waals surface area (Å²) in [5.41, 5.74) is 0.0962. The molecule has 0 aliphatic carbocycles. The van der Waals surface area contributed by atoms with E-state index >= 15 is 0 Å². The van der Waals surface area contributed by atoms with Gasteiger partial charge in [0.25, 0.3) is 11.7 Å². The molecule has 1 aromatic rings. The predicted molar refractivity (Wildman–Crippen MR) is 75.4 cm³/mol. The monoisotopic (exact) mass is 296 g/mol. The van der Waals surface area contributed by atoms with Crippen LogP contribution >= 0.6 is 0 Å². The highest BCUT2D eigenvalue weighted by Gasteiger charge is 2.37. The normalized spacial score (nSPS) is 15.5. The third kappa shape index (κ3) is 3.10. The van der Waals surface area contributed by atoms with E-state index in [0.717, 1.165) is 25.1 Å². The molecule has 0 bridgehead atoms. The van der Waals surface area contributed by atoms with Crippen LogP contribution in [0.2, 0.25) is 0 Å². The molecule has 0 saturated carbocycles. The van der Waals surface area contributed by atoms with Crippen LogP contribution < -0.4 is 10.2 Å². The first kappa shape index (κ1) is 15.6. The number of ketones is 1. The largest absolute Gasteiger partial charge is 0.316 e. The summed E-state index contributed by atoms with van der Waals surface area (Å²) in [7, 11) is 0. The van der Waals surface area contributed by atoms with Crippen molar-refractivity contribution in [3.8, 4) is 0 Å². The van der Waals surface area contributed by atoms with Crippen molar-refractivity contribution in [3.05, 3.63) is 29.3 Å². The number of fused-ring (bicyclic) bond motifs is 1. The summed E-state index contributed by atoms with van der Waals surface area (Å²) in [4.78, 5) is 25.0. The Labute approximate surface area is 122 Å². The van der Waals surface area contributed by atoms with E-state index in [1.54, 1.807) is 0 Å². The van der Waals surface area contributed by atoms with Gasteiger partial charge in [0.2, 0.25) is 0 Å². The van der Waals surface area contributed by atoms with E-state index in [9.17, 15) is 18.4 Å². The fraction of sp³-hybridized carbons (Fsp3) is 0.467. The molecule has 0 saturated heterocycles. The molecule has 0 spiro atoms. The van der Waals surface area contributed by atoms with Gasteiger partial charge < -0.3 is 10.2 Å². The molecule has 114 valence electrons. The predicted octanol–water partition coefficient (Wildman–Crippen LogP) is 2.13. The van der Waals surface area contributed by atoms with E-state index in [1.165, 1.54) is 4.90 Å². The Morgan fingerprint density at radius 1 is 1.24 bits per heavy atom. The summed E-state index contributed by atoms with van der Waals surface area (Å²) in [5, 5.41) is 3.22. The van der Waals surface area contributed by atoms with Crippen LogP contribution in [0.3, 0.4) is 0 Å². The maximum atomic E-state index is 13.4. The van der Waals surface area contributed by atoms with Crippen LogP contribution in [0.5, 0.6) is 0 Å². The van der Waals surface area contributed by atoms with Crippen LogP contribution in [-0.4, -0.2) is 31.3 Å². The van der Waals surface area contributed by atoms with Gasteiger partial charge in [-0.1, -0.05) is 13.8 Å². The van der Waals surface area contributed by atoms with E-state index in [1.807, 2.05) is 13.8 Å². The Morgan fingerprint density at radius 3 is 2.57 bits per heavy atom. The van der Waals surface area contributed by atoms with Crippen LogP contribution in [-0.2, 0) is 4.79 Å². The number of benzene rings is 1. The lowest BCUT2D eigenvalue weighted by molar-refractivity contribution is -0.114. The number of carbonyl (C=O) groups excluding carboxylic acids is 2. The standard InChI is InChI=1S/C15H18F2N2O2/c1-3-4-18-7-9(2)8-19-13-6-12(17)11(16)5-10(13)14(20)15(19)21/h5-6,9,18H,3-4,7-8H2,1-2H3. The first-order valence-corrected chi connectivity index (χ1v) is 7.01. The average Bonchev–Trinajstić information content (AvgIpc) is 2.65. The molecular formula is C15H18F2N2O2. The lowest BCUT2D eigenvalue weighted by atomic mass is 10.1. The van der Waals surface area contributed by atoms with E-state index in [4.69, 9.17) is 0 Å². The summed E-state index contributed by atoms with van der Waals surface area (Å²) >= 11 is 0. The van der Waals surface area contributed by atoms with Gasteiger partial charge >= 0.3 is 0 Å². The first-order valence-electron chi connectivity index (χ1n) is 7.01. The number of halogens is 2. The molecule has 0 radical (unpaired) electrons. The number of hydrogen-bond acceptors (Lipinski definition) is 3. The summed E-state index contributed by atoms with van der Waals surface area (Å²) < 4.78 is 26.6. The summed E-state index contributed by atoms with van der Waals surface area (Å²) in [5.74, 6) is -3.59. The Balaban J connectivity index is 2.17. The maximum absolute atomic E-state index is 13.4. The van der Waals surface area contributed by atoms with Crippen LogP contribution in [0, 0.1) is 17.6 Å². The molecule has 4 nitrogen and oxygen atoms in total. The molecule has 21 heavy (non-hydrogen) atoms. The van der Waals surface area contributed by atoms with Gasteiger partial charge in [-0.15, -0.1) is 0 Å². The Kier molecular flexibility index (Phi) is 4.67. The molecule has 6 heteroatoms. The number of rotatable bonds is 6. The third-order valence-electron chi connectivity index (χ3n) is 3.43. The summed E-state index contributed by atoms with van der Waals surface area (Å²) in [6.07, 6.45) is 1.00. The number of Topliss-reactive ketones (excluding diaryl/α,β-unsaturated/α-hetero) is 1. The Bertz CT molecular complexity index is 575. The zero-order chi connectivity index (χ0) is 15.6. The number of nitrogens with one attached hydrogen (secondary N) is 1. The zero-order valence-electron chi connectivity index (χ0n) is 12.1. The highest BCUT2D eigenvalue weighted by atomic mass is 19.2. The second-order valence-electron chi connectivity index (χ2n) is 5.34. The number of hydrogen-bond donors (Lipinski definition) is 1. The Hall–Kier alpha value is -1.82. The van der Waals surface area contributed by atoms with E-state index in [-0.39, 0.29) is 17.2 Å². The van der Waals surface area contributed by atoms with Crippen molar-refractivity contribution in [2.24, 2.45) is 5.92 Å². The van der Waals surface area contributed by atoms with Crippen molar-refractivity contribution < 1.29 is 18.4 Å². The van der Waals surface area contributed by atoms with Crippen molar-refractivity contribution >= 4 is 17.4 Å². The van der Waals surface area contributed by atoms with Gasteiger partial charge in [-0.2, -0.15) is 0 Å². The van der Waals surface area contributed by atoms with Crippen LogP contribution in [0.15, 0.2) is 12.1 Å². The lowest BCUT2D eigenvalue weighted by Crippen LogP contribution is -2.37. The van der Waals surface area contributed by atoms with E-state index < -0.39 is 23.3 Å². The molecular weight excluding hydrogens is 278 g/mol.